The Morgan fingerprint density at radius 1 is 1.32 bits per heavy atom. The number of hydrazone groups is 1. The third-order valence-electron chi connectivity index (χ3n) is 3.40. The molecule has 25 heavy (non-hydrogen) atoms. The number of nitrogens with zero attached hydrogens (tertiary/aromatic N) is 3. The van der Waals surface area contributed by atoms with Gasteiger partial charge in [0.05, 0.1) is 9.28 Å². The molecule has 0 saturated heterocycles. The van der Waals surface area contributed by atoms with E-state index in [1.165, 1.54) is 0 Å². The third-order valence-corrected chi connectivity index (χ3v) is 4.19. The second-order valence-corrected chi connectivity index (χ2v) is 7.02. The number of halogens is 1. The van der Waals surface area contributed by atoms with Crippen LogP contribution < -0.4 is 10.7 Å². The molecule has 0 aliphatic rings. The maximum absolute atomic E-state index is 12.1. The number of aryl methyl sites for hydroxylation is 1. The molecule has 2 amide bonds. The second-order valence-electron chi connectivity index (χ2n) is 5.86. The van der Waals surface area contributed by atoms with Gasteiger partial charge in [0.15, 0.2) is 5.69 Å². The molecule has 0 radical (unpaired) electrons. The number of nitrogens with one attached hydrogen (secondary N) is 2. The van der Waals surface area contributed by atoms with Crippen LogP contribution in [0.1, 0.15) is 36.8 Å². The van der Waals surface area contributed by atoms with E-state index in [0.717, 1.165) is 9.13 Å². The quantitative estimate of drug-likeness (QED) is 0.415. The van der Waals surface area contributed by atoms with Crippen molar-refractivity contribution in [3.63, 3.8) is 0 Å². The van der Waals surface area contributed by atoms with Gasteiger partial charge in [-0.25, -0.2) is 5.43 Å². The highest BCUT2D eigenvalue weighted by Crippen LogP contribution is 2.13. The first kappa shape index (κ1) is 19.1. The van der Waals surface area contributed by atoms with Crippen molar-refractivity contribution < 1.29 is 9.59 Å². The Labute approximate surface area is 160 Å². The van der Waals surface area contributed by atoms with Gasteiger partial charge in [-0.15, -0.1) is 0 Å². The van der Waals surface area contributed by atoms with Crippen molar-refractivity contribution in [1.82, 2.24) is 15.2 Å². The van der Waals surface area contributed by atoms with Gasteiger partial charge in [-0.2, -0.15) is 10.2 Å². The van der Waals surface area contributed by atoms with Crippen LogP contribution in [0.5, 0.6) is 0 Å². The van der Waals surface area contributed by atoms with Gasteiger partial charge in [-0.3, -0.25) is 14.3 Å². The minimum Gasteiger partial charge on any atom is -0.326 e. The summed E-state index contributed by atoms with van der Waals surface area (Å²) in [6.07, 6.45) is 1.76. The molecule has 0 bridgehead atoms. The van der Waals surface area contributed by atoms with E-state index in [0.29, 0.717) is 17.1 Å². The summed E-state index contributed by atoms with van der Waals surface area (Å²) in [5.41, 5.74) is 4.96. The summed E-state index contributed by atoms with van der Waals surface area (Å²) in [4.78, 5) is 23.9. The maximum atomic E-state index is 12.1. The van der Waals surface area contributed by atoms with Crippen LogP contribution in [0.2, 0.25) is 0 Å². The number of carbonyl (C=O) groups is 2. The van der Waals surface area contributed by atoms with E-state index in [1.807, 2.05) is 38.1 Å². The number of rotatable bonds is 5. The molecule has 2 N–H and O–H groups in total. The summed E-state index contributed by atoms with van der Waals surface area (Å²) in [5, 5.41) is 11.1. The molecule has 0 fully saturated rings. The highest BCUT2D eigenvalue weighted by molar-refractivity contribution is 14.1. The molecule has 132 valence electrons. The van der Waals surface area contributed by atoms with Gasteiger partial charge >= 0.3 is 0 Å². The zero-order chi connectivity index (χ0) is 18.6. The molecule has 0 atom stereocenters. The number of hydrogen-bond donors (Lipinski definition) is 2. The Bertz CT molecular complexity index is 826. The van der Waals surface area contributed by atoms with Crippen LogP contribution in [-0.4, -0.2) is 27.3 Å². The molecule has 0 saturated carbocycles. The first-order valence-corrected chi connectivity index (χ1v) is 8.81. The van der Waals surface area contributed by atoms with Crippen LogP contribution in [0.15, 0.2) is 35.6 Å². The molecular formula is C17H20IN5O2. The molecular weight excluding hydrogens is 433 g/mol. The average molecular weight is 453 g/mol. The van der Waals surface area contributed by atoms with Crippen LogP contribution in [0.25, 0.3) is 0 Å². The van der Waals surface area contributed by atoms with Crippen molar-refractivity contribution in [1.29, 1.82) is 0 Å². The standard InChI is InChI=1S/C17H20IN5O2/c1-10(2)16(24)19-13-7-5-6-12(8-13)11(3)20-21-17(25)15-14(18)9-23(4)22-15/h5-10H,1-4H3,(H,19,24)(H,21,25)/b20-11-. The molecule has 8 heteroatoms. The van der Waals surface area contributed by atoms with Crippen LogP contribution >= 0.6 is 22.6 Å². The highest BCUT2D eigenvalue weighted by atomic mass is 127. The van der Waals surface area contributed by atoms with Crippen molar-refractivity contribution >= 4 is 45.8 Å². The van der Waals surface area contributed by atoms with Crippen LogP contribution in [0, 0.1) is 9.49 Å². The van der Waals surface area contributed by atoms with Crippen molar-refractivity contribution in [2.75, 3.05) is 5.32 Å². The normalized spacial score (nSPS) is 11.5. The molecule has 0 unspecified atom stereocenters. The Balaban J connectivity index is 2.10. The summed E-state index contributed by atoms with van der Waals surface area (Å²) in [5.74, 6) is -0.517. The highest BCUT2D eigenvalue weighted by Gasteiger charge is 2.14. The van der Waals surface area contributed by atoms with Crippen LogP contribution in [0.3, 0.4) is 0 Å². The van der Waals surface area contributed by atoms with E-state index >= 15 is 0 Å². The van der Waals surface area contributed by atoms with Gasteiger partial charge in [0.1, 0.15) is 0 Å². The first-order chi connectivity index (χ1) is 11.8. The second kappa shape index (κ2) is 8.24. The van der Waals surface area contributed by atoms with E-state index in [2.05, 4.69) is 43.5 Å². The van der Waals surface area contributed by atoms with Crippen LogP contribution in [-0.2, 0) is 11.8 Å². The molecule has 0 aliphatic heterocycles. The maximum Gasteiger partial charge on any atom is 0.292 e. The lowest BCUT2D eigenvalue weighted by Crippen LogP contribution is -2.21. The van der Waals surface area contributed by atoms with Gasteiger partial charge in [0.2, 0.25) is 5.91 Å². The average Bonchev–Trinajstić information content (AvgIpc) is 2.91. The fraction of sp³-hybridized carbons (Fsp3) is 0.294. The summed E-state index contributed by atoms with van der Waals surface area (Å²) in [6, 6.07) is 7.32. The van der Waals surface area contributed by atoms with Gasteiger partial charge in [0.25, 0.3) is 5.91 Å². The topological polar surface area (TPSA) is 88.4 Å². The zero-order valence-electron chi connectivity index (χ0n) is 14.5. The first-order valence-electron chi connectivity index (χ1n) is 7.73. The monoisotopic (exact) mass is 453 g/mol. The minimum absolute atomic E-state index is 0.0511. The molecule has 2 aromatic rings. The van der Waals surface area contributed by atoms with E-state index in [-0.39, 0.29) is 17.7 Å². The molecule has 1 aromatic heterocycles. The summed E-state index contributed by atoms with van der Waals surface area (Å²) >= 11 is 2.05. The Morgan fingerprint density at radius 2 is 2.04 bits per heavy atom. The lowest BCUT2D eigenvalue weighted by molar-refractivity contribution is -0.118. The molecule has 0 aliphatic carbocycles. The molecule has 1 heterocycles. The summed E-state index contributed by atoms with van der Waals surface area (Å²) in [7, 11) is 1.75. The number of hydrogen-bond acceptors (Lipinski definition) is 4. The lowest BCUT2D eigenvalue weighted by atomic mass is 10.1. The number of amides is 2. The Kier molecular flexibility index (Phi) is 6.29. The van der Waals surface area contributed by atoms with E-state index in [4.69, 9.17) is 0 Å². The molecule has 2 rings (SSSR count). The Morgan fingerprint density at radius 3 is 2.64 bits per heavy atom. The molecule has 0 spiro atoms. The van der Waals surface area contributed by atoms with Gasteiger partial charge < -0.3 is 5.32 Å². The largest absolute Gasteiger partial charge is 0.326 e. The SMILES string of the molecule is C/C(=N/NC(=O)c1nn(C)cc1I)c1cccc(NC(=O)C(C)C)c1. The lowest BCUT2D eigenvalue weighted by Gasteiger charge is -2.09. The Hall–Kier alpha value is -2.23. The predicted octanol–water partition coefficient (Wildman–Crippen LogP) is 2.77. The van der Waals surface area contributed by atoms with E-state index < -0.39 is 0 Å². The van der Waals surface area contributed by atoms with Gasteiger partial charge in [-0.05, 0) is 47.2 Å². The van der Waals surface area contributed by atoms with E-state index in [9.17, 15) is 9.59 Å². The molecule has 1 aromatic carbocycles. The fourth-order valence-electron chi connectivity index (χ4n) is 1.97. The smallest absolute Gasteiger partial charge is 0.292 e. The third kappa shape index (κ3) is 5.12. The van der Waals surface area contributed by atoms with Crippen molar-refractivity contribution in [3.05, 3.63) is 45.3 Å². The van der Waals surface area contributed by atoms with Crippen molar-refractivity contribution in [2.24, 2.45) is 18.1 Å². The number of aromatic nitrogens is 2. The summed E-state index contributed by atoms with van der Waals surface area (Å²) < 4.78 is 2.33. The zero-order valence-corrected chi connectivity index (χ0v) is 16.7. The number of carbonyl (C=O) groups excluding carboxylic acids is 2. The van der Waals surface area contributed by atoms with E-state index in [1.54, 1.807) is 24.9 Å². The minimum atomic E-state index is -0.367. The van der Waals surface area contributed by atoms with Crippen molar-refractivity contribution in [2.45, 2.75) is 20.8 Å². The predicted molar refractivity (Wildman–Crippen MR) is 106 cm³/mol. The summed E-state index contributed by atoms with van der Waals surface area (Å²) in [6.45, 7) is 5.45. The number of anilines is 1. The van der Waals surface area contributed by atoms with Gasteiger partial charge in [-0.1, -0.05) is 26.0 Å². The van der Waals surface area contributed by atoms with Crippen LogP contribution in [0.4, 0.5) is 5.69 Å². The van der Waals surface area contributed by atoms with Gasteiger partial charge in [0, 0.05) is 24.8 Å². The fourth-order valence-corrected chi connectivity index (χ4v) is 2.73. The van der Waals surface area contributed by atoms with Crippen molar-refractivity contribution in [3.8, 4) is 0 Å². The number of benzene rings is 1. The molecule has 7 nitrogen and oxygen atoms in total.